The SMILES string of the molecule is Fc1cc(OCCCCl)c(Br)cc1Cl. The first-order valence-corrected chi connectivity index (χ1v) is 5.69. The van der Waals surface area contributed by atoms with Crippen LogP contribution in [0.5, 0.6) is 5.75 Å². The van der Waals surface area contributed by atoms with E-state index in [4.69, 9.17) is 27.9 Å². The van der Waals surface area contributed by atoms with Crippen molar-refractivity contribution < 1.29 is 9.13 Å². The zero-order valence-corrected chi connectivity index (χ0v) is 10.3. The number of rotatable bonds is 4. The predicted octanol–water partition coefficient (Wildman–Crippen LogP) is 4.25. The molecule has 0 radical (unpaired) electrons. The van der Waals surface area contributed by atoms with Gasteiger partial charge in [-0.2, -0.15) is 0 Å². The van der Waals surface area contributed by atoms with Crippen LogP contribution in [-0.4, -0.2) is 12.5 Å². The first-order chi connectivity index (χ1) is 6.65. The molecule has 0 saturated heterocycles. The Bertz CT molecular complexity index is 320. The van der Waals surface area contributed by atoms with E-state index in [1.165, 1.54) is 12.1 Å². The summed E-state index contributed by atoms with van der Waals surface area (Å²) in [5.41, 5.74) is 0. The number of ether oxygens (including phenoxy) is 1. The molecule has 78 valence electrons. The van der Waals surface area contributed by atoms with Gasteiger partial charge in [0.05, 0.1) is 16.1 Å². The fourth-order valence-corrected chi connectivity index (χ4v) is 1.71. The molecule has 0 amide bonds. The maximum atomic E-state index is 13.0. The van der Waals surface area contributed by atoms with Gasteiger partial charge in [0.2, 0.25) is 0 Å². The molecule has 0 aromatic heterocycles. The quantitative estimate of drug-likeness (QED) is 0.459. The molecular weight excluding hydrogens is 294 g/mol. The first-order valence-electron chi connectivity index (χ1n) is 3.98. The van der Waals surface area contributed by atoms with Gasteiger partial charge in [0.25, 0.3) is 0 Å². The van der Waals surface area contributed by atoms with Crippen LogP contribution in [0, 0.1) is 5.82 Å². The second kappa shape index (κ2) is 5.79. The lowest BCUT2D eigenvalue weighted by Crippen LogP contribution is -1.99. The van der Waals surface area contributed by atoms with Crippen molar-refractivity contribution >= 4 is 39.1 Å². The van der Waals surface area contributed by atoms with Crippen molar-refractivity contribution in [2.24, 2.45) is 0 Å². The van der Waals surface area contributed by atoms with Crippen LogP contribution in [0.15, 0.2) is 16.6 Å². The standard InChI is InChI=1S/C9H8BrCl2FO/c10-6-4-7(12)8(13)5-9(6)14-3-1-2-11/h4-5H,1-3H2. The highest BCUT2D eigenvalue weighted by molar-refractivity contribution is 9.10. The number of benzene rings is 1. The largest absolute Gasteiger partial charge is 0.492 e. The molecule has 0 saturated carbocycles. The Balaban J connectivity index is 2.72. The van der Waals surface area contributed by atoms with E-state index >= 15 is 0 Å². The monoisotopic (exact) mass is 300 g/mol. The van der Waals surface area contributed by atoms with Crippen LogP contribution in [0.4, 0.5) is 4.39 Å². The summed E-state index contributed by atoms with van der Waals surface area (Å²) in [7, 11) is 0. The van der Waals surface area contributed by atoms with E-state index in [2.05, 4.69) is 15.9 Å². The van der Waals surface area contributed by atoms with Gasteiger partial charge < -0.3 is 4.74 Å². The summed E-state index contributed by atoms with van der Waals surface area (Å²) in [5.74, 6) is 0.473. The zero-order valence-electron chi connectivity index (χ0n) is 7.20. The Morgan fingerprint density at radius 1 is 1.43 bits per heavy atom. The Labute approximate surface area is 100 Å². The Kier molecular flexibility index (Phi) is 4.99. The summed E-state index contributed by atoms with van der Waals surface area (Å²) in [4.78, 5) is 0. The van der Waals surface area contributed by atoms with Crippen molar-refractivity contribution in [2.75, 3.05) is 12.5 Å². The molecule has 1 rings (SSSR count). The minimum absolute atomic E-state index is 0.0709. The molecule has 0 heterocycles. The lowest BCUT2D eigenvalue weighted by molar-refractivity contribution is 0.314. The van der Waals surface area contributed by atoms with Crippen LogP contribution >= 0.6 is 39.1 Å². The van der Waals surface area contributed by atoms with Crippen molar-refractivity contribution in [3.63, 3.8) is 0 Å². The maximum absolute atomic E-state index is 13.0. The van der Waals surface area contributed by atoms with Crippen molar-refractivity contribution in [1.29, 1.82) is 0 Å². The summed E-state index contributed by atoms with van der Waals surface area (Å²) in [6.07, 6.45) is 0.720. The molecule has 0 aliphatic rings. The second-order valence-corrected chi connectivity index (χ2v) is 4.23. The van der Waals surface area contributed by atoms with Crippen LogP contribution in [-0.2, 0) is 0 Å². The van der Waals surface area contributed by atoms with Gasteiger partial charge in [-0.05, 0) is 28.4 Å². The predicted molar refractivity (Wildman–Crippen MR) is 59.9 cm³/mol. The molecule has 0 atom stereocenters. The maximum Gasteiger partial charge on any atom is 0.145 e. The topological polar surface area (TPSA) is 9.23 Å². The van der Waals surface area contributed by atoms with Crippen molar-refractivity contribution in [2.45, 2.75) is 6.42 Å². The summed E-state index contributed by atoms with van der Waals surface area (Å²) in [5, 5.41) is 0.0709. The summed E-state index contributed by atoms with van der Waals surface area (Å²) in [6, 6.07) is 2.72. The highest BCUT2D eigenvalue weighted by Gasteiger charge is 2.07. The van der Waals surface area contributed by atoms with Gasteiger partial charge >= 0.3 is 0 Å². The normalized spacial score (nSPS) is 10.3. The molecule has 0 aliphatic heterocycles. The molecule has 14 heavy (non-hydrogen) atoms. The van der Waals surface area contributed by atoms with Gasteiger partial charge in [-0.3, -0.25) is 0 Å². The van der Waals surface area contributed by atoms with E-state index < -0.39 is 5.82 Å². The molecule has 0 N–H and O–H groups in total. The molecular formula is C9H8BrCl2FO. The Hall–Kier alpha value is 0.01000. The van der Waals surface area contributed by atoms with Crippen LogP contribution in [0.1, 0.15) is 6.42 Å². The van der Waals surface area contributed by atoms with Crippen molar-refractivity contribution in [1.82, 2.24) is 0 Å². The van der Waals surface area contributed by atoms with E-state index in [0.29, 0.717) is 22.7 Å². The molecule has 1 nitrogen and oxygen atoms in total. The average molecular weight is 302 g/mol. The third-order valence-corrected chi connectivity index (χ3v) is 2.69. The number of hydrogen-bond donors (Lipinski definition) is 0. The highest BCUT2D eigenvalue weighted by atomic mass is 79.9. The van der Waals surface area contributed by atoms with Gasteiger partial charge in [0, 0.05) is 11.9 Å². The third kappa shape index (κ3) is 3.30. The summed E-state index contributed by atoms with van der Waals surface area (Å²) < 4.78 is 18.9. The number of alkyl halides is 1. The Morgan fingerprint density at radius 2 is 2.14 bits per heavy atom. The van der Waals surface area contributed by atoms with Gasteiger partial charge in [-0.25, -0.2) is 4.39 Å². The molecule has 1 aromatic rings. The van der Waals surface area contributed by atoms with Gasteiger partial charge in [-0.15, -0.1) is 11.6 Å². The van der Waals surface area contributed by atoms with Crippen LogP contribution in [0.2, 0.25) is 5.02 Å². The van der Waals surface area contributed by atoms with Crippen LogP contribution < -0.4 is 4.74 Å². The van der Waals surface area contributed by atoms with Crippen molar-refractivity contribution in [3.8, 4) is 5.75 Å². The fourth-order valence-electron chi connectivity index (χ4n) is 0.852. The van der Waals surface area contributed by atoms with E-state index in [9.17, 15) is 4.39 Å². The van der Waals surface area contributed by atoms with E-state index in [0.717, 1.165) is 6.42 Å². The molecule has 0 fully saturated rings. The van der Waals surface area contributed by atoms with Crippen LogP contribution in [0.3, 0.4) is 0 Å². The van der Waals surface area contributed by atoms with Crippen molar-refractivity contribution in [3.05, 3.63) is 27.4 Å². The van der Waals surface area contributed by atoms with Gasteiger partial charge in [-0.1, -0.05) is 11.6 Å². The second-order valence-electron chi connectivity index (χ2n) is 2.59. The lowest BCUT2D eigenvalue weighted by atomic mass is 10.3. The summed E-state index contributed by atoms with van der Waals surface area (Å²) in [6.45, 7) is 0.461. The van der Waals surface area contributed by atoms with E-state index in [1.807, 2.05) is 0 Å². The van der Waals surface area contributed by atoms with E-state index in [1.54, 1.807) is 0 Å². The zero-order chi connectivity index (χ0) is 10.6. The molecule has 1 aromatic carbocycles. The molecule has 0 spiro atoms. The van der Waals surface area contributed by atoms with E-state index in [-0.39, 0.29) is 5.02 Å². The number of hydrogen-bond acceptors (Lipinski definition) is 1. The smallest absolute Gasteiger partial charge is 0.145 e. The van der Waals surface area contributed by atoms with Crippen LogP contribution in [0.25, 0.3) is 0 Å². The average Bonchev–Trinajstić information content (AvgIpc) is 2.14. The third-order valence-electron chi connectivity index (χ3n) is 1.51. The summed E-state index contributed by atoms with van der Waals surface area (Å²) >= 11 is 14.3. The minimum Gasteiger partial charge on any atom is -0.492 e. The Morgan fingerprint density at radius 3 is 2.79 bits per heavy atom. The molecule has 0 aliphatic carbocycles. The first kappa shape index (κ1) is 12.1. The minimum atomic E-state index is -0.490. The molecule has 0 bridgehead atoms. The lowest BCUT2D eigenvalue weighted by Gasteiger charge is -2.07. The molecule has 5 heteroatoms. The van der Waals surface area contributed by atoms with Gasteiger partial charge in [0.15, 0.2) is 0 Å². The van der Waals surface area contributed by atoms with Gasteiger partial charge in [0.1, 0.15) is 11.6 Å². The highest BCUT2D eigenvalue weighted by Crippen LogP contribution is 2.30. The fraction of sp³-hybridized carbons (Fsp3) is 0.333. The number of halogens is 4. The molecule has 0 unspecified atom stereocenters.